The first kappa shape index (κ1) is 16.8. The predicted octanol–water partition coefficient (Wildman–Crippen LogP) is 1.32. The fraction of sp³-hybridized carbons (Fsp3) is 0.556. The van der Waals surface area contributed by atoms with E-state index in [2.05, 4.69) is 10.2 Å². The van der Waals surface area contributed by atoms with Gasteiger partial charge in [0.2, 0.25) is 5.91 Å². The zero-order valence-electron chi connectivity index (χ0n) is 14.2. The third kappa shape index (κ3) is 4.06. The van der Waals surface area contributed by atoms with Gasteiger partial charge in [-0.3, -0.25) is 14.5 Å². The first-order chi connectivity index (χ1) is 11.6. The lowest BCUT2D eigenvalue weighted by Gasteiger charge is -2.29. The average molecular weight is 331 g/mol. The van der Waals surface area contributed by atoms with Gasteiger partial charge >= 0.3 is 0 Å². The third-order valence-corrected chi connectivity index (χ3v) is 4.56. The van der Waals surface area contributed by atoms with Crippen molar-refractivity contribution in [3.8, 4) is 5.75 Å². The van der Waals surface area contributed by atoms with E-state index in [1.165, 1.54) is 24.2 Å². The second kappa shape index (κ2) is 7.66. The Morgan fingerprint density at radius 2 is 2.04 bits per heavy atom. The maximum absolute atomic E-state index is 12.2. The Morgan fingerprint density at radius 1 is 1.25 bits per heavy atom. The number of nitrogens with zero attached hydrogens (tertiary/aromatic N) is 2. The van der Waals surface area contributed by atoms with Crippen LogP contribution in [0.5, 0.6) is 5.75 Å². The van der Waals surface area contributed by atoms with E-state index < -0.39 is 0 Å². The normalized spacial score (nSPS) is 18.0. The number of amides is 2. The summed E-state index contributed by atoms with van der Waals surface area (Å²) in [7, 11) is 0. The van der Waals surface area contributed by atoms with E-state index in [9.17, 15) is 9.59 Å². The highest BCUT2D eigenvalue weighted by Crippen LogP contribution is 2.32. The lowest BCUT2D eigenvalue weighted by Crippen LogP contribution is -2.46. The van der Waals surface area contributed by atoms with Crippen LogP contribution in [-0.4, -0.2) is 56.0 Å². The minimum Gasteiger partial charge on any atom is -0.482 e. The molecule has 2 aliphatic heterocycles. The van der Waals surface area contributed by atoms with E-state index in [1.54, 1.807) is 0 Å². The van der Waals surface area contributed by atoms with E-state index in [0.29, 0.717) is 18.0 Å². The van der Waals surface area contributed by atoms with Crippen molar-refractivity contribution in [1.29, 1.82) is 0 Å². The van der Waals surface area contributed by atoms with Gasteiger partial charge in [-0.25, -0.2) is 0 Å². The average Bonchev–Trinajstić information content (AvgIpc) is 2.58. The lowest BCUT2D eigenvalue weighted by molar-refractivity contribution is -0.125. The topological polar surface area (TPSA) is 61.9 Å². The first-order valence-corrected chi connectivity index (χ1v) is 8.66. The SMILES string of the molecule is Cc1ccc2c(c1)OCC(=O)N2CC(=O)NCCN1CCCCC1. The maximum Gasteiger partial charge on any atom is 0.265 e. The summed E-state index contributed by atoms with van der Waals surface area (Å²) in [6.45, 7) is 5.72. The third-order valence-electron chi connectivity index (χ3n) is 4.56. The molecule has 0 spiro atoms. The van der Waals surface area contributed by atoms with E-state index in [0.717, 1.165) is 25.2 Å². The number of aryl methyl sites for hydroxylation is 1. The monoisotopic (exact) mass is 331 g/mol. The van der Waals surface area contributed by atoms with Gasteiger partial charge in [-0.15, -0.1) is 0 Å². The molecule has 1 saturated heterocycles. The molecule has 0 radical (unpaired) electrons. The molecule has 0 bridgehead atoms. The molecule has 3 rings (SSSR count). The smallest absolute Gasteiger partial charge is 0.265 e. The lowest BCUT2D eigenvalue weighted by atomic mass is 10.1. The molecule has 0 atom stereocenters. The van der Waals surface area contributed by atoms with Gasteiger partial charge in [0.25, 0.3) is 5.91 Å². The number of anilines is 1. The number of carbonyl (C=O) groups is 2. The van der Waals surface area contributed by atoms with Crippen LogP contribution >= 0.6 is 0 Å². The highest BCUT2D eigenvalue weighted by Gasteiger charge is 2.27. The second-order valence-corrected chi connectivity index (χ2v) is 6.49. The minimum atomic E-state index is -0.183. The molecule has 0 aliphatic carbocycles. The van der Waals surface area contributed by atoms with Crippen LogP contribution in [0, 0.1) is 6.92 Å². The van der Waals surface area contributed by atoms with E-state index >= 15 is 0 Å². The van der Waals surface area contributed by atoms with Gasteiger partial charge < -0.3 is 15.0 Å². The number of fused-ring (bicyclic) bond motifs is 1. The van der Waals surface area contributed by atoms with Crippen LogP contribution in [0.3, 0.4) is 0 Å². The van der Waals surface area contributed by atoms with Crippen molar-refractivity contribution in [2.75, 3.05) is 44.2 Å². The molecule has 24 heavy (non-hydrogen) atoms. The molecule has 6 heteroatoms. The predicted molar refractivity (Wildman–Crippen MR) is 92.3 cm³/mol. The van der Waals surface area contributed by atoms with Gasteiger partial charge in [-0.1, -0.05) is 12.5 Å². The number of hydrogen-bond donors (Lipinski definition) is 1. The van der Waals surface area contributed by atoms with Gasteiger partial charge in [0.1, 0.15) is 12.3 Å². The van der Waals surface area contributed by atoms with Crippen LogP contribution in [0.4, 0.5) is 5.69 Å². The molecule has 130 valence electrons. The van der Waals surface area contributed by atoms with Crippen molar-refractivity contribution >= 4 is 17.5 Å². The van der Waals surface area contributed by atoms with Crippen LogP contribution < -0.4 is 15.0 Å². The molecule has 0 aromatic heterocycles. The fourth-order valence-corrected chi connectivity index (χ4v) is 3.22. The Labute approximate surface area is 142 Å². The highest BCUT2D eigenvalue weighted by molar-refractivity contribution is 6.02. The molecule has 2 aliphatic rings. The maximum atomic E-state index is 12.2. The van der Waals surface area contributed by atoms with Gasteiger partial charge in [0.15, 0.2) is 6.61 Å². The molecule has 6 nitrogen and oxygen atoms in total. The summed E-state index contributed by atoms with van der Waals surface area (Å²) < 4.78 is 5.46. The number of piperidine rings is 1. The standard InChI is InChI=1S/C18H25N3O3/c1-14-5-6-15-16(11-14)24-13-18(23)21(15)12-17(22)19-7-10-20-8-3-2-4-9-20/h5-6,11H,2-4,7-10,12-13H2,1H3,(H,19,22). The Hall–Kier alpha value is -2.08. The number of rotatable bonds is 5. The Morgan fingerprint density at radius 3 is 2.83 bits per heavy atom. The molecule has 1 aromatic carbocycles. The summed E-state index contributed by atoms with van der Waals surface area (Å²) in [6.07, 6.45) is 3.79. The molecular weight excluding hydrogens is 306 g/mol. The first-order valence-electron chi connectivity index (χ1n) is 8.66. The van der Waals surface area contributed by atoms with Gasteiger partial charge in [0.05, 0.1) is 5.69 Å². The molecule has 0 unspecified atom stereocenters. The number of likely N-dealkylation sites (tertiary alicyclic amines) is 1. The van der Waals surface area contributed by atoms with Crippen molar-refractivity contribution in [2.24, 2.45) is 0 Å². The Kier molecular flexibility index (Phi) is 5.35. The van der Waals surface area contributed by atoms with Crippen LogP contribution in [0.1, 0.15) is 24.8 Å². The van der Waals surface area contributed by atoms with Crippen LogP contribution in [-0.2, 0) is 9.59 Å². The molecule has 1 aromatic rings. The summed E-state index contributed by atoms with van der Waals surface area (Å²) in [5.41, 5.74) is 1.73. The van der Waals surface area contributed by atoms with Crippen molar-refractivity contribution in [2.45, 2.75) is 26.2 Å². The Bertz CT molecular complexity index is 612. The summed E-state index contributed by atoms with van der Waals surface area (Å²) in [5, 5.41) is 2.92. The quantitative estimate of drug-likeness (QED) is 0.884. The van der Waals surface area contributed by atoms with E-state index in [4.69, 9.17) is 4.74 Å². The van der Waals surface area contributed by atoms with Crippen LogP contribution in [0.2, 0.25) is 0 Å². The van der Waals surface area contributed by atoms with Crippen LogP contribution in [0.25, 0.3) is 0 Å². The summed E-state index contributed by atoms with van der Waals surface area (Å²) >= 11 is 0. The number of hydrogen-bond acceptors (Lipinski definition) is 4. The van der Waals surface area contributed by atoms with Crippen molar-refractivity contribution in [1.82, 2.24) is 10.2 Å². The van der Waals surface area contributed by atoms with Gasteiger partial charge in [0, 0.05) is 13.1 Å². The van der Waals surface area contributed by atoms with Crippen molar-refractivity contribution in [3.05, 3.63) is 23.8 Å². The van der Waals surface area contributed by atoms with E-state index in [-0.39, 0.29) is 25.0 Å². The number of carbonyl (C=O) groups excluding carboxylic acids is 2. The molecule has 1 fully saturated rings. The molecule has 1 N–H and O–H groups in total. The second-order valence-electron chi connectivity index (χ2n) is 6.49. The van der Waals surface area contributed by atoms with Gasteiger partial charge in [-0.2, -0.15) is 0 Å². The molecule has 0 saturated carbocycles. The Balaban J connectivity index is 1.53. The summed E-state index contributed by atoms with van der Waals surface area (Å²) in [5.74, 6) is 0.349. The molecule has 2 heterocycles. The van der Waals surface area contributed by atoms with Crippen molar-refractivity contribution < 1.29 is 14.3 Å². The van der Waals surface area contributed by atoms with Crippen molar-refractivity contribution in [3.63, 3.8) is 0 Å². The highest BCUT2D eigenvalue weighted by atomic mass is 16.5. The number of nitrogens with one attached hydrogen (secondary N) is 1. The summed E-state index contributed by atoms with van der Waals surface area (Å²) in [4.78, 5) is 28.2. The summed E-state index contributed by atoms with van der Waals surface area (Å²) in [6, 6.07) is 5.65. The van der Waals surface area contributed by atoms with Crippen LogP contribution in [0.15, 0.2) is 18.2 Å². The zero-order valence-corrected chi connectivity index (χ0v) is 14.2. The van der Waals surface area contributed by atoms with E-state index in [1.807, 2.05) is 25.1 Å². The van der Waals surface area contributed by atoms with Gasteiger partial charge in [-0.05, 0) is 50.6 Å². The molecular formula is C18H25N3O3. The molecule has 2 amide bonds. The largest absolute Gasteiger partial charge is 0.482 e. The fourth-order valence-electron chi connectivity index (χ4n) is 3.22. The number of benzene rings is 1. The zero-order chi connectivity index (χ0) is 16.9. The number of ether oxygens (including phenoxy) is 1. The minimum absolute atomic E-state index is 0.0164.